The van der Waals surface area contributed by atoms with Gasteiger partial charge < -0.3 is 22.4 Å². The second kappa shape index (κ2) is 7.47. The molecule has 0 aliphatic carbocycles. The van der Waals surface area contributed by atoms with Crippen molar-refractivity contribution in [2.45, 2.75) is 13.3 Å². The van der Waals surface area contributed by atoms with Crippen LogP contribution in [0.2, 0.25) is 0 Å². The molecule has 2 nitrogen and oxygen atoms in total. The second-order valence-electron chi connectivity index (χ2n) is 4.63. The molecule has 0 bridgehead atoms. The molecule has 0 amide bonds. The van der Waals surface area contributed by atoms with Crippen LogP contribution in [-0.4, -0.2) is 26.8 Å². The SMILES string of the molecule is Cc1cc(OCC2CCOC2)ccc1[B-](F)(F)F.[K+]. The number of halogens is 3. The first-order valence-corrected chi connectivity index (χ1v) is 5.98. The van der Waals surface area contributed by atoms with E-state index in [1.54, 1.807) is 0 Å². The molecule has 1 saturated heterocycles. The van der Waals surface area contributed by atoms with Gasteiger partial charge in [-0.25, -0.2) is 0 Å². The summed E-state index contributed by atoms with van der Waals surface area (Å²) in [6.45, 7) is -1.58. The Morgan fingerprint density at radius 2 is 2.11 bits per heavy atom. The van der Waals surface area contributed by atoms with Gasteiger partial charge in [0, 0.05) is 12.5 Å². The van der Waals surface area contributed by atoms with Crippen LogP contribution in [0.4, 0.5) is 12.9 Å². The number of rotatable bonds is 4. The molecule has 0 saturated carbocycles. The third-order valence-corrected chi connectivity index (χ3v) is 3.10. The molecule has 1 aliphatic heterocycles. The van der Waals surface area contributed by atoms with Crippen molar-refractivity contribution in [1.82, 2.24) is 0 Å². The largest absolute Gasteiger partial charge is 1.00 e. The molecule has 1 atom stereocenters. The van der Waals surface area contributed by atoms with Crippen LogP contribution in [0.25, 0.3) is 0 Å². The van der Waals surface area contributed by atoms with E-state index < -0.39 is 12.4 Å². The van der Waals surface area contributed by atoms with Crippen molar-refractivity contribution in [3.8, 4) is 5.75 Å². The molecular weight excluding hydrogens is 283 g/mol. The van der Waals surface area contributed by atoms with E-state index in [1.807, 2.05) is 0 Å². The minimum Gasteiger partial charge on any atom is -0.493 e. The fourth-order valence-corrected chi connectivity index (χ4v) is 2.03. The smallest absolute Gasteiger partial charge is 0.493 e. The first kappa shape index (κ1) is 17.5. The maximum Gasteiger partial charge on any atom is 1.00 e. The Morgan fingerprint density at radius 1 is 1.37 bits per heavy atom. The zero-order chi connectivity index (χ0) is 13.2. The Bertz CT molecular complexity index is 420. The summed E-state index contributed by atoms with van der Waals surface area (Å²) in [7, 11) is 0. The molecule has 19 heavy (non-hydrogen) atoms. The van der Waals surface area contributed by atoms with E-state index in [4.69, 9.17) is 9.47 Å². The standard InChI is InChI=1S/C12H15BF3O2.K/c1-9-6-11(2-3-12(9)13(14,15)16)18-8-10-4-5-17-7-10;/h2-3,6,10H,4-5,7-8H2,1H3;/q-1;+1. The minimum absolute atomic E-state index is 0. The molecule has 1 aromatic rings. The zero-order valence-corrected chi connectivity index (χ0v) is 14.3. The molecule has 1 unspecified atom stereocenters. The van der Waals surface area contributed by atoms with Crippen LogP contribution in [0, 0.1) is 12.8 Å². The monoisotopic (exact) mass is 298 g/mol. The van der Waals surface area contributed by atoms with E-state index in [0.717, 1.165) is 19.1 Å². The summed E-state index contributed by atoms with van der Waals surface area (Å²) in [6, 6.07) is 3.92. The average molecular weight is 298 g/mol. The van der Waals surface area contributed by atoms with Crippen LogP contribution < -0.4 is 61.6 Å². The molecule has 100 valence electrons. The summed E-state index contributed by atoms with van der Waals surface area (Å²) in [5.41, 5.74) is -0.339. The van der Waals surface area contributed by atoms with Crippen molar-refractivity contribution in [3.63, 3.8) is 0 Å². The van der Waals surface area contributed by atoms with Crippen molar-refractivity contribution in [2.75, 3.05) is 19.8 Å². The topological polar surface area (TPSA) is 18.5 Å². The number of aryl methyl sites for hydroxylation is 1. The van der Waals surface area contributed by atoms with Crippen molar-refractivity contribution in [3.05, 3.63) is 23.8 Å². The molecule has 0 aromatic heterocycles. The van der Waals surface area contributed by atoms with E-state index in [2.05, 4.69) is 0 Å². The van der Waals surface area contributed by atoms with Crippen LogP contribution in [0.1, 0.15) is 12.0 Å². The Kier molecular flexibility index (Phi) is 6.89. The third kappa shape index (κ3) is 5.06. The molecule has 1 aromatic carbocycles. The van der Waals surface area contributed by atoms with Gasteiger partial charge in [-0.2, -0.15) is 0 Å². The van der Waals surface area contributed by atoms with E-state index in [1.165, 1.54) is 19.1 Å². The molecule has 1 fully saturated rings. The maximum atomic E-state index is 12.6. The zero-order valence-electron chi connectivity index (χ0n) is 11.2. The summed E-state index contributed by atoms with van der Waals surface area (Å²) in [5, 5.41) is 0. The average Bonchev–Trinajstić information content (AvgIpc) is 2.77. The van der Waals surface area contributed by atoms with Gasteiger partial charge >= 0.3 is 58.4 Å². The van der Waals surface area contributed by atoms with Crippen molar-refractivity contribution < 1.29 is 73.8 Å². The quantitative estimate of drug-likeness (QED) is 0.696. The first-order chi connectivity index (χ1) is 8.47. The Balaban J connectivity index is 0.00000180. The Labute approximate surface area is 153 Å². The summed E-state index contributed by atoms with van der Waals surface area (Å²) in [5.74, 6) is 0.833. The fourth-order valence-electron chi connectivity index (χ4n) is 2.03. The molecule has 0 N–H and O–H groups in total. The molecule has 1 aliphatic rings. The predicted octanol–water partition coefficient (Wildman–Crippen LogP) is -0.531. The molecule has 2 rings (SSSR count). The number of ether oxygens (including phenoxy) is 2. The number of hydrogen-bond acceptors (Lipinski definition) is 2. The van der Waals surface area contributed by atoms with Crippen LogP contribution in [0.15, 0.2) is 18.2 Å². The van der Waals surface area contributed by atoms with Gasteiger partial charge in [-0.1, -0.05) is 11.6 Å². The fraction of sp³-hybridized carbons (Fsp3) is 0.500. The first-order valence-electron chi connectivity index (χ1n) is 5.98. The van der Waals surface area contributed by atoms with Crippen molar-refractivity contribution >= 4 is 12.4 Å². The third-order valence-electron chi connectivity index (χ3n) is 3.10. The van der Waals surface area contributed by atoms with Crippen molar-refractivity contribution in [1.29, 1.82) is 0 Å². The maximum absolute atomic E-state index is 12.6. The van der Waals surface area contributed by atoms with E-state index in [-0.39, 0.29) is 56.9 Å². The van der Waals surface area contributed by atoms with Gasteiger partial charge in [0.1, 0.15) is 5.75 Å². The van der Waals surface area contributed by atoms with E-state index in [0.29, 0.717) is 24.9 Å². The number of hydrogen-bond donors (Lipinski definition) is 0. The molecule has 7 heteroatoms. The summed E-state index contributed by atoms with van der Waals surface area (Å²) in [6.07, 6.45) is 0.947. The summed E-state index contributed by atoms with van der Waals surface area (Å²) < 4.78 is 48.6. The predicted molar refractivity (Wildman–Crippen MR) is 64.3 cm³/mol. The van der Waals surface area contributed by atoms with E-state index >= 15 is 0 Å². The van der Waals surface area contributed by atoms with Gasteiger partial charge in [0.15, 0.2) is 0 Å². The van der Waals surface area contributed by atoms with Crippen LogP contribution >= 0.6 is 0 Å². The van der Waals surface area contributed by atoms with Gasteiger partial charge in [-0.3, -0.25) is 0 Å². The molecular formula is C12H15BF3KO2. The van der Waals surface area contributed by atoms with Gasteiger partial charge in [0.2, 0.25) is 0 Å². The van der Waals surface area contributed by atoms with Crippen molar-refractivity contribution in [2.24, 2.45) is 5.92 Å². The van der Waals surface area contributed by atoms with E-state index in [9.17, 15) is 12.9 Å². The van der Waals surface area contributed by atoms with Gasteiger partial charge in [0.05, 0.1) is 13.2 Å². The van der Waals surface area contributed by atoms with Crippen LogP contribution in [0.3, 0.4) is 0 Å². The Morgan fingerprint density at radius 3 is 2.63 bits per heavy atom. The van der Waals surface area contributed by atoms with Gasteiger partial charge in [-0.15, -0.1) is 5.46 Å². The van der Waals surface area contributed by atoms with Gasteiger partial charge in [0.25, 0.3) is 0 Å². The Hall–Kier alpha value is 0.471. The van der Waals surface area contributed by atoms with Gasteiger partial charge in [-0.05, 0) is 25.5 Å². The van der Waals surface area contributed by atoms with Crippen LogP contribution in [-0.2, 0) is 4.74 Å². The normalized spacial score (nSPS) is 19.1. The molecule has 1 heterocycles. The summed E-state index contributed by atoms with van der Waals surface area (Å²) >= 11 is 0. The molecule has 0 spiro atoms. The number of benzene rings is 1. The van der Waals surface area contributed by atoms with Crippen LogP contribution in [0.5, 0.6) is 5.75 Å². The summed E-state index contributed by atoms with van der Waals surface area (Å²) in [4.78, 5) is 0. The molecule has 0 radical (unpaired) electrons. The minimum atomic E-state index is -4.94. The second-order valence-corrected chi connectivity index (χ2v) is 4.63.